The lowest BCUT2D eigenvalue weighted by atomic mass is 9.88. The first-order valence-corrected chi connectivity index (χ1v) is 10.8. The molecule has 0 spiro atoms. The molecule has 2 aromatic carbocycles. The van der Waals surface area contributed by atoms with E-state index in [0.717, 1.165) is 36.8 Å². The summed E-state index contributed by atoms with van der Waals surface area (Å²) in [5.74, 6) is 0.343. The maximum Gasteiger partial charge on any atom is 0.232 e. The van der Waals surface area contributed by atoms with Gasteiger partial charge in [-0.2, -0.15) is 0 Å². The zero-order valence-corrected chi connectivity index (χ0v) is 17.5. The van der Waals surface area contributed by atoms with Gasteiger partial charge in [0.25, 0.3) is 0 Å². The summed E-state index contributed by atoms with van der Waals surface area (Å²) in [6, 6.07) is 23.6. The molecule has 1 fully saturated rings. The molecule has 0 aliphatic heterocycles. The molecule has 30 heavy (non-hydrogen) atoms. The molecule has 1 amide bonds. The number of rotatable bonds is 6. The van der Waals surface area contributed by atoms with Crippen molar-refractivity contribution in [2.45, 2.75) is 43.7 Å². The first kappa shape index (κ1) is 20.4. The molecule has 1 N–H and O–H groups in total. The Kier molecular flexibility index (Phi) is 6.65. The highest BCUT2D eigenvalue weighted by Crippen LogP contribution is 2.27. The number of aromatic nitrogens is 1. The molecule has 1 aliphatic rings. The van der Waals surface area contributed by atoms with Crippen LogP contribution in [0.3, 0.4) is 0 Å². The number of nitrogens with one attached hydrogen (secondary N) is 1. The van der Waals surface area contributed by atoms with Crippen molar-refractivity contribution in [1.29, 1.82) is 0 Å². The maximum absolute atomic E-state index is 13.3. The van der Waals surface area contributed by atoms with Crippen molar-refractivity contribution in [3.05, 3.63) is 95.1 Å². The molecule has 4 rings (SSSR count). The van der Waals surface area contributed by atoms with Gasteiger partial charge in [-0.25, -0.2) is 4.98 Å². The standard InChI is InChI=1S/C25H25ClN2O2/c26-20-11-16-23(27-17-20)30-22-14-12-21(13-15-22)28-25(29)24(18-7-3-1-4-8-18)19-9-5-2-6-10-19/h1-11,16-17,21-22,24H,12-15H2,(H,28,29). The normalized spacial score (nSPS) is 18.7. The molecular weight excluding hydrogens is 396 g/mol. The molecule has 0 radical (unpaired) electrons. The topological polar surface area (TPSA) is 51.2 Å². The van der Waals surface area contributed by atoms with Gasteiger partial charge in [0.15, 0.2) is 0 Å². The van der Waals surface area contributed by atoms with Gasteiger partial charge in [0, 0.05) is 18.3 Å². The Morgan fingerprint density at radius 2 is 1.50 bits per heavy atom. The molecule has 5 heteroatoms. The minimum atomic E-state index is -0.306. The molecule has 0 saturated heterocycles. The van der Waals surface area contributed by atoms with Gasteiger partial charge in [0.2, 0.25) is 11.8 Å². The van der Waals surface area contributed by atoms with Gasteiger partial charge >= 0.3 is 0 Å². The second-order valence-corrected chi connectivity index (χ2v) is 8.11. The van der Waals surface area contributed by atoms with Crippen LogP contribution in [0.1, 0.15) is 42.7 Å². The summed E-state index contributed by atoms with van der Waals surface area (Å²) in [5.41, 5.74) is 2.01. The van der Waals surface area contributed by atoms with Gasteiger partial charge in [-0.1, -0.05) is 72.3 Å². The van der Waals surface area contributed by atoms with Crippen molar-refractivity contribution in [1.82, 2.24) is 10.3 Å². The number of benzene rings is 2. The van der Waals surface area contributed by atoms with Crippen LogP contribution in [0.5, 0.6) is 5.88 Å². The summed E-state index contributed by atoms with van der Waals surface area (Å²) in [4.78, 5) is 17.5. The number of hydrogen-bond acceptors (Lipinski definition) is 3. The lowest BCUT2D eigenvalue weighted by Gasteiger charge is -2.30. The molecule has 0 atom stereocenters. The third kappa shape index (κ3) is 5.19. The van der Waals surface area contributed by atoms with Crippen LogP contribution >= 0.6 is 11.6 Å². The molecular formula is C25H25ClN2O2. The molecule has 4 nitrogen and oxygen atoms in total. The van der Waals surface area contributed by atoms with Crippen molar-refractivity contribution < 1.29 is 9.53 Å². The van der Waals surface area contributed by atoms with Gasteiger partial charge in [0.05, 0.1) is 10.9 Å². The van der Waals surface area contributed by atoms with E-state index in [0.29, 0.717) is 10.9 Å². The maximum atomic E-state index is 13.3. The highest BCUT2D eigenvalue weighted by Gasteiger charge is 2.28. The lowest BCUT2D eigenvalue weighted by molar-refractivity contribution is -0.122. The quantitative estimate of drug-likeness (QED) is 0.583. The number of ether oxygens (including phenoxy) is 1. The Labute approximate surface area is 182 Å². The van der Waals surface area contributed by atoms with Crippen LogP contribution in [-0.4, -0.2) is 23.0 Å². The zero-order chi connectivity index (χ0) is 20.8. The van der Waals surface area contributed by atoms with Crippen molar-refractivity contribution in [2.24, 2.45) is 0 Å². The number of carbonyl (C=O) groups is 1. The number of halogens is 1. The number of pyridine rings is 1. The summed E-state index contributed by atoms with van der Waals surface area (Å²) in [7, 11) is 0. The smallest absolute Gasteiger partial charge is 0.232 e. The van der Waals surface area contributed by atoms with Crippen LogP contribution in [0.25, 0.3) is 0 Å². The van der Waals surface area contributed by atoms with Gasteiger partial charge in [-0.15, -0.1) is 0 Å². The van der Waals surface area contributed by atoms with E-state index in [9.17, 15) is 4.79 Å². The summed E-state index contributed by atoms with van der Waals surface area (Å²) >= 11 is 5.88. The predicted molar refractivity (Wildman–Crippen MR) is 119 cm³/mol. The van der Waals surface area contributed by atoms with Crippen LogP contribution in [0.4, 0.5) is 0 Å². The van der Waals surface area contributed by atoms with Gasteiger partial charge in [-0.05, 0) is 42.9 Å². The van der Waals surface area contributed by atoms with Crippen LogP contribution in [0.2, 0.25) is 5.02 Å². The predicted octanol–water partition coefficient (Wildman–Crippen LogP) is 5.37. The monoisotopic (exact) mass is 420 g/mol. The average molecular weight is 421 g/mol. The number of nitrogens with zero attached hydrogens (tertiary/aromatic N) is 1. The fourth-order valence-electron chi connectivity index (χ4n) is 4.00. The highest BCUT2D eigenvalue weighted by molar-refractivity contribution is 6.30. The van der Waals surface area contributed by atoms with E-state index in [1.807, 2.05) is 60.7 Å². The van der Waals surface area contributed by atoms with E-state index >= 15 is 0 Å². The Morgan fingerprint density at radius 3 is 2.03 bits per heavy atom. The fourth-order valence-corrected chi connectivity index (χ4v) is 4.11. The van der Waals surface area contributed by atoms with Gasteiger partial charge in [0.1, 0.15) is 6.10 Å². The van der Waals surface area contributed by atoms with Crippen LogP contribution in [0.15, 0.2) is 79.0 Å². The van der Waals surface area contributed by atoms with Crippen molar-refractivity contribution >= 4 is 17.5 Å². The molecule has 1 aliphatic carbocycles. The van der Waals surface area contributed by atoms with E-state index < -0.39 is 0 Å². The van der Waals surface area contributed by atoms with E-state index in [4.69, 9.17) is 16.3 Å². The number of amides is 1. The minimum Gasteiger partial charge on any atom is -0.474 e. The van der Waals surface area contributed by atoms with Crippen molar-refractivity contribution in [2.75, 3.05) is 0 Å². The number of hydrogen-bond donors (Lipinski definition) is 1. The third-order valence-electron chi connectivity index (χ3n) is 5.54. The van der Waals surface area contributed by atoms with Crippen LogP contribution in [0, 0.1) is 0 Å². The molecule has 3 aromatic rings. The summed E-state index contributed by atoms with van der Waals surface area (Å²) in [5, 5.41) is 3.88. The van der Waals surface area contributed by atoms with Gasteiger partial charge < -0.3 is 10.1 Å². The van der Waals surface area contributed by atoms with E-state index in [1.165, 1.54) is 0 Å². The first-order chi connectivity index (χ1) is 14.7. The zero-order valence-electron chi connectivity index (χ0n) is 16.7. The number of carbonyl (C=O) groups excluding carboxylic acids is 1. The second kappa shape index (κ2) is 9.77. The molecule has 1 aromatic heterocycles. The van der Waals surface area contributed by atoms with E-state index in [2.05, 4.69) is 10.3 Å². The molecule has 0 bridgehead atoms. The third-order valence-corrected chi connectivity index (χ3v) is 5.76. The fraction of sp³-hybridized carbons (Fsp3) is 0.280. The van der Waals surface area contributed by atoms with Crippen molar-refractivity contribution in [3.8, 4) is 5.88 Å². The lowest BCUT2D eigenvalue weighted by Crippen LogP contribution is -2.42. The summed E-state index contributed by atoms with van der Waals surface area (Å²) < 4.78 is 5.97. The first-order valence-electron chi connectivity index (χ1n) is 10.4. The van der Waals surface area contributed by atoms with Gasteiger partial charge in [-0.3, -0.25) is 4.79 Å². The largest absolute Gasteiger partial charge is 0.474 e. The molecule has 154 valence electrons. The van der Waals surface area contributed by atoms with E-state index in [1.54, 1.807) is 18.3 Å². The SMILES string of the molecule is O=C(NC1CCC(Oc2ccc(Cl)cn2)CC1)C(c1ccccc1)c1ccccc1. The van der Waals surface area contributed by atoms with Crippen LogP contribution < -0.4 is 10.1 Å². The minimum absolute atomic E-state index is 0.0520. The highest BCUT2D eigenvalue weighted by atomic mass is 35.5. The second-order valence-electron chi connectivity index (χ2n) is 7.67. The Balaban J connectivity index is 1.37. The molecule has 1 heterocycles. The molecule has 0 unspecified atom stereocenters. The summed E-state index contributed by atoms with van der Waals surface area (Å²) in [6.45, 7) is 0. The average Bonchev–Trinajstić information content (AvgIpc) is 2.78. The van der Waals surface area contributed by atoms with Crippen molar-refractivity contribution in [3.63, 3.8) is 0 Å². The Bertz CT molecular complexity index is 900. The van der Waals surface area contributed by atoms with E-state index in [-0.39, 0.29) is 24.0 Å². The summed E-state index contributed by atoms with van der Waals surface area (Å²) in [6.07, 6.45) is 5.26. The van der Waals surface area contributed by atoms with Crippen LogP contribution in [-0.2, 0) is 4.79 Å². The molecule has 1 saturated carbocycles. The Morgan fingerprint density at radius 1 is 0.900 bits per heavy atom. The Hall–Kier alpha value is -2.85.